The second-order valence-corrected chi connectivity index (χ2v) is 24.6. The zero-order chi connectivity index (χ0) is 30.3. The molecule has 1 aliphatic carbocycles. The summed E-state index contributed by atoms with van der Waals surface area (Å²) < 4.78 is 27.9. The summed E-state index contributed by atoms with van der Waals surface area (Å²) in [5.74, 6) is -0.520. The molecule has 10 heteroatoms. The maximum absolute atomic E-state index is 13.7. The number of pyridine rings is 2. The van der Waals surface area contributed by atoms with E-state index in [4.69, 9.17) is 8.85 Å². The minimum Gasteiger partial charge on any atom is -0.411 e. The van der Waals surface area contributed by atoms with Crippen LogP contribution in [0.5, 0.6) is 0 Å². The van der Waals surface area contributed by atoms with E-state index in [1.165, 1.54) is 12.1 Å². The zero-order valence-electron chi connectivity index (χ0n) is 26.0. The summed E-state index contributed by atoms with van der Waals surface area (Å²) in [7, 11) is -4.15. The molecule has 1 unspecified atom stereocenters. The summed E-state index contributed by atoms with van der Waals surface area (Å²) in [6.45, 7) is 25.1. The second kappa shape index (κ2) is 12.0. The average Bonchev–Trinajstić information content (AvgIpc) is 2.81. The molecular formula is C30H47BrFN3O3Si2. The first-order valence-corrected chi connectivity index (χ1v) is 20.8. The Kier molecular flexibility index (Phi) is 9.94. The predicted octanol–water partition coefficient (Wildman–Crippen LogP) is 8.92. The predicted molar refractivity (Wildman–Crippen MR) is 169 cm³/mol. The van der Waals surface area contributed by atoms with Crippen LogP contribution in [0.1, 0.15) is 83.3 Å². The van der Waals surface area contributed by atoms with E-state index >= 15 is 0 Å². The molecule has 1 aliphatic rings. The highest BCUT2D eigenvalue weighted by molar-refractivity contribution is 9.10. The Hall–Kier alpha value is -1.47. The van der Waals surface area contributed by atoms with Gasteiger partial charge in [-0.1, -0.05) is 48.5 Å². The van der Waals surface area contributed by atoms with Gasteiger partial charge in [-0.15, -0.1) is 0 Å². The lowest BCUT2D eigenvalue weighted by Gasteiger charge is -2.50. The highest BCUT2D eigenvalue weighted by atomic mass is 79.9. The Morgan fingerprint density at radius 3 is 2.17 bits per heavy atom. The van der Waals surface area contributed by atoms with Crippen molar-refractivity contribution in [3.8, 4) is 0 Å². The number of halogens is 2. The highest BCUT2D eigenvalue weighted by Crippen LogP contribution is 2.47. The molecule has 1 saturated carbocycles. The van der Waals surface area contributed by atoms with Crippen molar-refractivity contribution in [3.63, 3.8) is 0 Å². The Morgan fingerprint density at radius 1 is 1.00 bits per heavy atom. The topological polar surface area (TPSA) is 73.3 Å². The second-order valence-electron chi connectivity index (χ2n) is 14.3. The largest absolute Gasteiger partial charge is 0.411 e. The highest BCUT2D eigenvalue weighted by Gasteiger charge is 2.48. The molecule has 0 saturated heterocycles. The lowest BCUT2D eigenvalue weighted by atomic mass is 9.75. The quantitative estimate of drug-likeness (QED) is 0.239. The van der Waals surface area contributed by atoms with E-state index in [-0.39, 0.29) is 44.4 Å². The number of amides is 1. The molecule has 40 heavy (non-hydrogen) atoms. The van der Waals surface area contributed by atoms with Crippen LogP contribution in [0.15, 0.2) is 35.2 Å². The molecule has 2 aromatic rings. The first-order valence-electron chi connectivity index (χ1n) is 14.2. The van der Waals surface area contributed by atoms with Crippen LogP contribution in [0.4, 0.5) is 10.1 Å². The number of aromatic nitrogens is 2. The lowest BCUT2D eigenvalue weighted by Crippen LogP contribution is -2.55. The number of nitrogens with zero attached hydrogens (tertiary/aromatic N) is 2. The number of anilines is 1. The Bertz CT molecular complexity index is 1210. The normalized spacial score (nSPS) is 22.7. The third-order valence-corrected chi connectivity index (χ3v) is 18.7. The van der Waals surface area contributed by atoms with Gasteiger partial charge < -0.3 is 14.2 Å². The molecule has 0 bridgehead atoms. The molecule has 0 aliphatic heterocycles. The molecule has 222 valence electrons. The first kappa shape index (κ1) is 33.0. The Morgan fingerprint density at radius 2 is 1.60 bits per heavy atom. The van der Waals surface area contributed by atoms with E-state index in [9.17, 15) is 9.18 Å². The lowest BCUT2D eigenvalue weighted by molar-refractivity contribution is -0.0304. The summed E-state index contributed by atoms with van der Waals surface area (Å²) in [4.78, 5) is 21.4. The monoisotopic (exact) mass is 651 g/mol. The number of rotatable bonds is 7. The van der Waals surface area contributed by atoms with Gasteiger partial charge in [0.1, 0.15) is 10.3 Å². The van der Waals surface area contributed by atoms with Crippen molar-refractivity contribution in [2.75, 3.05) is 5.32 Å². The van der Waals surface area contributed by atoms with Gasteiger partial charge in [0, 0.05) is 6.20 Å². The van der Waals surface area contributed by atoms with Crippen molar-refractivity contribution in [2.24, 2.45) is 5.92 Å². The smallest absolute Gasteiger partial charge is 0.274 e. The fraction of sp³-hybridized carbons (Fsp3) is 0.633. The molecule has 2 heterocycles. The number of nitrogens with one attached hydrogen (secondary N) is 1. The molecule has 6 nitrogen and oxygen atoms in total. The van der Waals surface area contributed by atoms with E-state index in [1.54, 1.807) is 12.4 Å². The van der Waals surface area contributed by atoms with Crippen LogP contribution in [0.3, 0.4) is 0 Å². The minimum absolute atomic E-state index is 0.00561. The molecule has 2 aromatic heterocycles. The summed E-state index contributed by atoms with van der Waals surface area (Å²) in [6.07, 6.45) is 5.10. The minimum atomic E-state index is -2.10. The van der Waals surface area contributed by atoms with Gasteiger partial charge in [0.25, 0.3) is 5.91 Å². The molecule has 4 atom stereocenters. The van der Waals surface area contributed by atoms with Crippen molar-refractivity contribution in [2.45, 2.75) is 116 Å². The number of hydrogen-bond donors (Lipinski definition) is 1. The van der Waals surface area contributed by atoms with E-state index in [1.807, 2.05) is 6.07 Å². The average molecular weight is 653 g/mol. The van der Waals surface area contributed by atoms with Crippen molar-refractivity contribution < 1.29 is 18.0 Å². The zero-order valence-corrected chi connectivity index (χ0v) is 29.6. The molecule has 0 spiro atoms. The number of hydrogen-bond acceptors (Lipinski definition) is 5. The van der Waals surface area contributed by atoms with Crippen LogP contribution in [0.25, 0.3) is 0 Å². The van der Waals surface area contributed by atoms with Gasteiger partial charge in [-0.05, 0) is 101 Å². The SMILES string of the molecule is C[C@@H]1C[C@@H](c2ccncc2NC(=O)c2ccc(F)c(Br)n2)CC(O[Si](C)(C)C(C)(C)C)[C@H]1O[Si](C)(C)C(C)(C)C. The Balaban J connectivity index is 1.94. The molecular weight excluding hydrogens is 605 g/mol. The summed E-state index contributed by atoms with van der Waals surface area (Å²) in [6, 6.07) is 4.59. The van der Waals surface area contributed by atoms with E-state index in [0.717, 1.165) is 18.4 Å². The van der Waals surface area contributed by atoms with Crippen LogP contribution < -0.4 is 5.32 Å². The maximum atomic E-state index is 13.7. The van der Waals surface area contributed by atoms with Crippen molar-refractivity contribution >= 4 is 44.2 Å². The summed E-state index contributed by atoms with van der Waals surface area (Å²) >= 11 is 3.07. The van der Waals surface area contributed by atoms with Crippen LogP contribution in [0, 0.1) is 11.7 Å². The molecule has 1 fully saturated rings. The van der Waals surface area contributed by atoms with Gasteiger partial charge in [-0.2, -0.15) is 0 Å². The van der Waals surface area contributed by atoms with Crippen molar-refractivity contribution in [1.82, 2.24) is 9.97 Å². The van der Waals surface area contributed by atoms with E-state index in [2.05, 4.69) is 106 Å². The fourth-order valence-electron chi connectivity index (χ4n) is 4.69. The molecule has 0 radical (unpaired) electrons. The molecule has 1 amide bonds. The number of carbonyl (C=O) groups is 1. The third kappa shape index (κ3) is 7.48. The summed E-state index contributed by atoms with van der Waals surface area (Å²) in [5.41, 5.74) is 1.79. The van der Waals surface area contributed by atoms with Crippen LogP contribution in [0.2, 0.25) is 36.3 Å². The van der Waals surface area contributed by atoms with Gasteiger partial charge in [-0.25, -0.2) is 9.37 Å². The van der Waals surface area contributed by atoms with Crippen molar-refractivity contribution in [3.05, 3.63) is 52.3 Å². The molecule has 1 N–H and O–H groups in total. The van der Waals surface area contributed by atoms with Crippen LogP contribution in [-0.2, 0) is 8.85 Å². The third-order valence-electron chi connectivity index (χ3n) is 9.17. The van der Waals surface area contributed by atoms with Gasteiger partial charge in [0.15, 0.2) is 22.5 Å². The van der Waals surface area contributed by atoms with Crippen LogP contribution >= 0.6 is 15.9 Å². The molecule has 3 rings (SSSR count). The molecule has 0 aromatic carbocycles. The summed E-state index contributed by atoms with van der Waals surface area (Å²) in [5, 5.41) is 3.14. The standard InChI is InChI=1S/C30H47BrFN3O3Si2/c1-19-16-20(21-14-15-33-18-24(21)35-28(36)23-13-12-22(32)27(31)34-23)17-25(37-39(8,9)29(2,3)4)26(19)38-40(10,11)30(5,6)7/h12-15,18-20,25-26H,16-17H2,1-11H3,(H,35,36)/t19-,20-,25?,26+/m1/s1. The van der Waals surface area contributed by atoms with E-state index in [0.29, 0.717) is 5.69 Å². The fourth-order valence-corrected chi connectivity index (χ4v) is 7.77. The van der Waals surface area contributed by atoms with Gasteiger partial charge in [0.2, 0.25) is 0 Å². The van der Waals surface area contributed by atoms with Gasteiger partial charge in [-0.3, -0.25) is 9.78 Å². The maximum Gasteiger partial charge on any atom is 0.274 e. The number of carbonyl (C=O) groups excluding carboxylic acids is 1. The van der Waals surface area contributed by atoms with Crippen molar-refractivity contribution in [1.29, 1.82) is 0 Å². The van der Waals surface area contributed by atoms with Crippen LogP contribution in [-0.4, -0.2) is 44.7 Å². The van der Waals surface area contributed by atoms with Gasteiger partial charge in [0.05, 0.1) is 24.1 Å². The Labute approximate surface area is 250 Å². The van der Waals surface area contributed by atoms with Gasteiger partial charge >= 0.3 is 0 Å². The van der Waals surface area contributed by atoms with E-state index < -0.39 is 28.4 Å². The first-order chi connectivity index (χ1) is 18.2.